The van der Waals surface area contributed by atoms with Crippen molar-refractivity contribution in [2.75, 3.05) is 19.6 Å². The van der Waals surface area contributed by atoms with Crippen LogP contribution in [0.1, 0.15) is 19.2 Å². The van der Waals surface area contributed by atoms with Gasteiger partial charge in [0.2, 0.25) is 0 Å². The summed E-state index contributed by atoms with van der Waals surface area (Å²) >= 11 is 11.8. The van der Waals surface area contributed by atoms with Crippen LogP contribution < -0.4 is 0 Å². The highest BCUT2D eigenvalue weighted by molar-refractivity contribution is 6.31. The summed E-state index contributed by atoms with van der Waals surface area (Å²) in [5.74, 6) is 1.25. The first-order valence-electron chi connectivity index (χ1n) is 7.24. The molecule has 0 amide bonds. The molecule has 1 aliphatic heterocycles. The highest BCUT2D eigenvalue weighted by atomic mass is 35.5. The normalized spacial score (nSPS) is 19.7. The quantitative estimate of drug-likeness (QED) is 0.793. The maximum Gasteiger partial charge on any atom is 0.144 e. The van der Waals surface area contributed by atoms with E-state index in [4.69, 9.17) is 23.2 Å². The van der Waals surface area contributed by atoms with Crippen molar-refractivity contribution in [3.8, 4) is 0 Å². The van der Waals surface area contributed by atoms with Gasteiger partial charge in [-0.05, 0) is 31.5 Å². The van der Waals surface area contributed by atoms with Crippen molar-refractivity contribution >= 4 is 34.2 Å². The van der Waals surface area contributed by atoms with Crippen LogP contribution >= 0.6 is 23.2 Å². The van der Waals surface area contributed by atoms with Crippen LogP contribution in [0, 0.1) is 11.7 Å². The smallest absolute Gasteiger partial charge is 0.144 e. The largest absolute Gasteiger partial charge is 0.327 e. The standard InChI is InChI=1S/C15H18Cl2FN3/c1-2-20-4-3-10(8-20)9-21-14-6-12(18)11(17)5-13(14)19-15(21)7-16/h5-6,10H,2-4,7-9H2,1H3. The predicted molar refractivity (Wildman–Crippen MR) is 84.5 cm³/mol. The molecule has 3 nitrogen and oxygen atoms in total. The predicted octanol–water partition coefficient (Wildman–Crippen LogP) is 3.91. The average molecular weight is 330 g/mol. The minimum atomic E-state index is -0.409. The second-order valence-corrected chi connectivity index (χ2v) is 6.25. The maximum atomic E-state index is 13.8. The van der Waals surface area contributed by atoms with E-state index in [2.05, 4.69) is 16.8 Å². The molecule has 6 heteroatoms. The fourth-order valence-electron chi connectivity index (χ4n) is 3.08. The molecule has 0 spiro atoms. The molecule has 0 radical (unpaired) electrons. The summed E-state index contributed by atoms with van der Waals surface area (Å²) in [6.45, 7) is 6.29. The third-order valence-electron chi connectivity index (χ3n) is 4.25. The molecule has 1 unspecified atom stereocenters. The number of likely N-dealkylation sites (tertiary alicyclic amines) is 1. The molecule has 1 fully saturated rings. The number of halogens is 3. The van der Waals surface area contributed by atoms with E-state index in [9.17, 15) is 4.39 Å². The lowest BCUT2D eigenvalue weighted by molar-refractivity contribution is 0.333. The van der Waals surface area contributed by atoms with E-state index < -0.39 is 5.82 Å². The number of fused-ring (bicyclic) bond motifs is 1. The summed E-state index contributed by atoms with van der Waals surface area (Å²) in [5.41, 5.74) is 1.49. The van der Waals surface area contributed by atoms with Crippen molar-refractivity contribution in [1.29, 1.82) is 0 Å². The molecule has 21 heavy (non-hydrogen) atoms. The van der Waals surface area contributed by atoms with Crippen LogP contribution in [0.5, 0.6) is 0 Å². The first kappa shape index (κ1) is 15.1. The van der Waals surface area contributed by atoms with Gasteiger partial charge in [-0.25, -0.2) is 9.37 Å². The molecule has 0 aliphatic carbocycles. The number of hydrogen-bond donors (Lipinski definition) is 0. The van der Waals surface area contributed by atoms with E-state index in [1.807, 2.05) is 4.57 Å². The fourth-order valence-corrected chi connectivity index (χ4v) is 3.45. The van der Waals surface area contributed by atoms with E-state index in [1.54, 1.807) is 6.07 Å². The lowest BCUT2D eigenvalue weighted by atomic mass is 10.1. The maximum absolute atomic E-state index is 13.8. The topological polar surface area (TPSA) is 21.1 Å². The van der Waals surface area contributed by atoms with Gasteiger partial charge >= 0.3 is 0 Å². The van der Waals surface area contributed by atoms with Crippen molar-refractivity contribution < 1.29 is 4.39 Å². The van der Waals surface area contributed by atoms with Gasteiger partial charge in [0.1, 0.15) is 11.6 Å². The summed E-state index contributed by atoms with van der Waals surface area (Å²) < 4.78 is 15.8. The minimum Gasteiger partial charge on any atom is -0.327 e. The molecule has 2 heterocycles. The first-order chi connectivity index (χ1) is 10.1. The summed E-state index contributed by atoms with van der Waals surface area (Å²) in [6, 6.07) is 3.04. The second kappa shape index (κ2) is 6.11. The second-order valence-electron chi connectivity index (χ2n) is 5.58. The van der Waals surface area contributed by atoms with E-state index >= 15 is 0 Å². The van der Waals surface area contributed by atoms with Gasteiger partial charge in [-0.15, -0.1) is 11.6 Å². The third-order valence-corrected chi connectivity index (χ3v) is 4.78. The zero-order valence-corrected chi connectivity index (χ0v) is 13.5. The Bertz CT molecular complexity index is 656. The molecule has 0 N–H and O–H groups in total. The summed E-state index contributed by atoms with van der Waals surface area (Å²) in [7, 11) is 0. The van der Waals surface area contributed by atoms with Crippen LogP contribution in [0.25, 0.3) is 11.0 Å². The number of alkyl halides is 1. The summed E-state index contributed by atoms with van der Waals surface area (Å²) in [6.07, 6.45) is 1.16. The highest BCUT2D eigenvalue weighted by Crippen LogP contribution is 2.27. The zero-order valence-electron chi connectivity index (χ0n) is 12.0. The first-order valence-corrected chi connectivity index (χ1v) is 8.16. The molecule has 0 saturated carbocycles. The van der Waals surface area contributed by atoms with E-state index in [-0.39, 0.29) is 5.02 Å². The molecule has 1 aromatic heterocycles. The summed E-state index contributed by atoms with van der Waals surface area (Å²) in [5, 5.41) is 0.103. The van der Waals surface area contributed by atoms with Crippen molar-refractivity contribution in [3.05, 3.63) is 28.8 Å². The van der Waals surface area contributed by atoms with Gasteiger partial charge in [0, 0.05) is 19.2 Å². The zero-order chi connectivity index (χ0) is 15.0. The average Bonchev–Trinajstić information content (AvgIpc) is 3.05. The molecule has 1 aliphatic rings. The fraction of sp³-hybridized carbons (Fsp3) is 0.533. The van der Waals surface area contributed by atoms with Crippen LogP contribution in [0.15, 0.2) is 12.1 Å². The van der Waals surface area contributed by atoms with Gasteiger partial charge in [0.15, 0.2) is 0 Å². The number of nitrogens with zero attached hydrogens (tertiary/aromatic N) is 3. The van der Waals surface area contributed by atoms with Crippen LogP contribution in [0.3, 0.4) is 0 Å². The molecule has 1 aromatic carbocycles. The Morgan fingerprint density at radius 1 is 1.43 bits per heavy atom. The van der Waals surface area contributed by atoms with E-state index in [1.165, 1.54) is 6.07 Å². The Kier molecular flexibility index (Phi) is 4.38. The summed E-state index contributed by atoms with van der Waals surface area (Å²) in [4.78, 5) is 6.91. The highest BCUT2D eigenvalue weighted by Gasteiger charge is 2.23. The van der Waals surface area contributed by atoms with Crippen molar-refractivity contribution in [2.45, 2.75) is 25.8 Å². The van der Waals surface area contributed by atoms with Crippen molar-refractivity contribution in [3.63, 3.8) is 0 Å². The number of imidazole rings is 1. The van der Waals surface area contributed by atoms with Crippen LogP contribution in [-0.2, 0) is 12.4 Å². The van der Waals surface area contributed by atoms with Crippen molar-refractivity contribution in [2.24, 2.45) is 5.92 Å². The number of benzene rings is 1. The van der Waals surface area contributed by atoms with Gasteiger partial charge in [-0.3, -0.25) is 0 Å². The molecule has 0 bridgehead atoms. The van der Waals surface area contributed by atoms with Crippen LogP contribution in [0.4, 0.5) is 4.39 Å². The molecule has 3 rings (SSSR count). The molecule has 114 valence electrons. The molecule has 1 atom stereocenters. The molecule has 1 saturated heterocycles. The van der Waals surface area contributed by atoms with Gasteiger partial charge in [0.25, 0.3) is 0 Å². The van der Waals surface area contributed by atoms with Crippen LogP contribution in [0.2, 0.25) is 5.02 Å². The SMILES string of the molecule is CCN1CCC(Cn2c(CCl)nc3cc(Cl)c(F)cc32)C1. The monoisotopic (exact) mass is 329 g/mol. The lowest BCUT2D eigenvalue weighted by Crippen LogP contribution is -2.21. The van der Waals surface area contributed by atoms with Gasteiger partial charge in [0.05, 0.1) is 21.9 Å². The Morgan fingerprint density at radius 2 is 2.24 bits per heavy atom. The van der Waals surface area contributed by atoms with Crippen LogP contribution in [-0.4, -0.2) is 34.1 Å². The number of aromatic nitrogens is 2. The molecular formula is C15H18Cl2FN3. The Labute approximate surface area is 133 Å². The minimum absolute atomic E-state index is 0.103. The van der Waals surface area contributed by atoms with E-state index in [0.29, 0.717) is 17.3 Å². The third kappa shape index (κ3) is 2.89. The Hall–Kier alpha value is -0.840. The lowest BCUT2D eigenvalue weighted by Gasteiger charge is -2.15. The number of rotatable bonds is 4. The molecular weight excluding hydrogens is 312 g/mol. The van der Waals surface area contributed by atoms with Gasteiger partial charge in [-0.2, -0.15) is 0 Å². The van der Waals surface area contributed by atoms with Gasteiger partial charge < -0.3 is 9.47 Å². The molecule has 2 aromatic rings. The van der Waals surface area contributed by atoms with Crippen molar-refractivity contribution in [1.82, 2.24) is 14.5 Å². The Balaban J connectivity index is 1.95. The van der Waals surface area contributed by atoms with Gasteiger partial charge in [-0.1, -0.05) is 18.5 Å². The Morgan fingerprint density at radius 3 is 2.90 bits per heavy atom. The van der Waals surface area contributed by atoms with E-state index in [0.717, 1.165) is 43.9 Å². The number of hydrogen-bond acceptors (Lipinski definition) is 2.